The SMILES string of the molecule is CC(C)[Si](C#Cc1c2cc3ccccc3cc2c(C#C[Si](CCC(F)(F)C(F)(F)C(F)(F)C(F)(F)C(F)(F)C(F)(F)C(F)(F)C(F)(F)F)(C(C)C)C(C)C)c2cc3cc(C(F)(F)C(F)(F)F)ccc3cc12)(CCC(F)(F)C(F)(F)C(F)(F)C(F)(F)C(F)(F)C(F)(F)C(F)(F)C(F)(F)F)C(C)C. The van der Waals surface area contributed by atoms with Gasteiger partial charge in [0.1, 0.15) is 16.1 Å². The monoisotopic (exact) mass is 1560 g/mol. The predicted octanol–water partition coefficient (Wildman–Crippen LogP) is 25.1. The van der Waals surface area contributed by atoms with E-state index >= 15 is 61.5 Å². The first-order valence-corrected chi connectivity index (χ1v) is 33.2. The molecule has 0 aliphatic carbocycles. The van der Waals surface area contributed by atoms with Crippen LogP contribution in [0.25, 0.3) is 43.1 Å². The van der Waals surface area contributed by atoms with E-state index < -0.39 is 214 Å². The highest BCUT2D eigenvalue weighted by molar-refractivity contribution is 6.90. The lowest BCUT2D eigenvalue weighted by Crippen LogP contribution is -2.74. The number of alkyl halides is 39. The van der Waals surface area contributed by atoms with Crippen LogP contribution in [0.2, 0.25) is 34.3 Å². The molecule has 0 radical (unpaired) electrons. The lowest BCUT2D eigenvalue weighted by atomic mass is 9.88. The van der Waals surface area contributed by atoms with Crippen molar-refractivity contribution in [1.82, 2.24) is 0 Å². The van der Waals surface area contributed by atoms with E-state index in [2.05, 4.69) is 22.9 Å². The molecule has 568 valence electrons. The third-order valence-corrected chi connectivity index (χ3v) is 29.5. The summed E-state index contributed by atoms with van der Waals surface area (Å²) in [6, 6.07) is 6.77. The van der Waals surface area contributed by atoms with Gasteiger partial charge in [0.15, 0.2) is 0 Å². The molecule has 0 spiro atoms. The second-order valence-corrected chi connectivity index (χ2v) is 35.3. The Labute approximate surface area is 545 Å². The van der Waals surface area contributed by atoms with E-state index in [-0.39, 0.29) is 28.3 Å². The molecule has 0 aliphatic heterocycles. The molecule has 0 atom stereocenters. The Kier molecular flexibility index (Phi) is 21.7. The number of fused-ring (bicyclic) bond motifs is 4. The van der Waals surface area contributed by atoms with Crippen LogP contribution in [0.3, 0.4) is 0 Å². The summed E-state index contributed by atoms with van der Waals surface area (Å²) in [5.41, 5.74) is -3.25. The molecule has 0 nitrogen and oxygen atoms in total. The first-order chi connectivity index (χ1) is 44.6. The van der Waals surface area contributed by atoms with Gasteiger partial charge >= 0.3 is 107 Å². The molecular formula is C60H47F39Si2. The van der Waals surface area contributed by atoms with Gasteiger partial charge in [0, 0.05) is 29.5 Å². The smallest absolute Gasteiger partial charge is 0.200 e. The van der Waals surface area contributed by atoms with Crippen molar-refractivity contribution in [3.63, 3.8) is 0 Å². The van der Waals surface area contributed by atoms with Gasteiger partial charge in [0.25, 0.3) is 0 Å². The van der Waals surface area contributed by atoms with E-state index in [1.165, 1.54) is 30.3 Å². The number of benzene rings is 5. The summed E-state index contributed by atoms with van der Waals surface area (Å²) < 4.78 is 561. The van der Waals surface area contributed by atoms with Crippen molar-refractivity contribution < 1.29 is 171 Å². The molecule has 101 heavy (non-hydrogen) atoms. The molecule has 41 heteroatoms. The summed E-state index contributed by atoms with van der Waals surface area (Å²) in [5, 5.41) is -2.64. The summed E-state index contributed by atoms with van der Waals surface area (Å²) in [4.78, 5) is 0. The highest BCUT2D eigenvalue weighted by atomic mass is 28.3. The quantitative estimate of drug-likeness (QED) is 0.0265. The highest BCUT2D eigenvalue weighted by Crippen LogP contribution is 2.67. The zero-order chi connectivity index (χ0) is 79.1. The lowest BCUT2D eigenvalue weighted by molar-refractivity contribution is -0.461. The summed E-state index contributed by atoms with van der Waals surface area (Å²) in [6.45, 7) is 8.45. The Morgan fingerprint density at radius 1 is 0.277 bits per heavy atom. The fourth-order valence-corrected chi connectivity index (χ4v) is 19.8. The second kappa shape index (κ2) is 25.6. The Balaban J connectivity index is 1.88. The van der Waals surface area contributed by atoms with Crippen molar-refractivity contribution in [2.75, 3.05) is 0 Å². The van der Waals surface area contributed by atoms with Crippen molar-refractivity contribution in [3.8, 4) is 22.9 Å². The van der Waals surface area contributed by atoms with Crippen LogP contribution >= 0.6 is 0 Å². The molecule has 0 fully saturated rings. The zero-order valence-electron chi connectivity index (χ0n) is 51.7. The Morgan fingerprint density at radius 2 is 0.515 bits per heavy atom. The van der Waals surface area contributed by atoms with Gasteiger partial charge in [-0.05, 0) is 108 Å². The first-order valence-electron chi connectivity index (χ1n) is 28.4. The van der Waals surface area contributed by atoms with E-state index in [0.717, 1.165) is 73.6 Å². The van der Waals surface area contributed by atoms with Crippen LogP contribution in [0.4, 0.5) is 171 Å². The number of hydrogen-bond acceptors (Lipinski definition) is 0. The molecule has 0 aliphatic rings. The molecular weight excluding hydrogens is 1520 g/mol. The predicted molar refractivity (Wildman–Crippen MR) is 292 cm³/mol. The minimum Gasteiger partial charge on any atom is -0.200 e. The molecule has 0 saturated heterocycles. The van der Waals surface area contributed by atoms with Crippen LogP contribution in [0.15, 0.2) is 66.7 Å². The zero-order valence-corrected chi connectivity index (χ0v) is 53.7. The molecule has 5 rings (SSSR count). The number of halogens is 39. The van der Waals surface area contributed by atoms with Gasteiger partial charge < -0.3 is 0 Å². The van der Waals surface area contributed by atoms with Crippen molar-refractivity contribution in [3.05, 3.63) is 83.4 Å². The molecule has 0 heterocycles. The van der Waals surface area contributed by atoms with Crippen LogP contribution < -0.4 is 0 Å². The third-order valence-electron chi connectivity index (χ3n) is 17.9. The second-order valence-electron chi connectivity index (χ2n) is 25.0. The van der Waals surface area contributed by atoms with Crippen LogP contribution in [0, 0.1) is 22.9 Å². The average molecular weight is 1570 g/mol. The van der Waals surface area contributed by atoms with Gasteiger partial charge in [-0.2, -0.15) is 171 Å². The Morgan fingerprint density at radius 3 is 0.762 bits per heavy atom. The maximum Gasteiger partial charge on any atom is 0.460 e. The number of rotatable bonds is 23. The van der Waals surface area contributed by atoms with Crippen molar-refractivity contribution in [2.24, 2.45) is 0 Å². The van der Waals surface area contributed by atoms with Gasteiger partial charge in [-0.3, -0.25) is 0 Å². The Hall–Kier alpha value is -6.04. The summed E-state index contributed by atoms with van der Waals surface area (Å²) >= 11 is 0. The summed E-state index contributed by atoms with van der Waals surface area (Å²) in [6.07, 6.45) is -28.4. The topological polar surface area (TPSA) is 0 Å². The fraction of sp³-hybridized carbons (Fsp3) is 0.567. The minimum atomic E-state index is -8.97. The first kappa shape index (κ1) is 85.6. The van der Waals surface area contributed by atoms with Crippen LogP contribution in [-0.2, 0) is 5.92 Å². The highest BCUT2D eigenvalue weighted by Gasteiger charge is 2.97. The number of hydrogen-bond donors (Lipinski definition) is 0. The molecule has 0 bridgehead atoms. The van der Waals surface area contributed by atoms with Crippen molar-refractivity contribution in [1.29, 1.82) is 0 Å². The molecule has 0 aromatic heterocycles. The van der Waals surface area contributed by atoms with Crippen molar-refractivity contribution >= 4 is 59.2 Å². The van der Waals surface area contributed by atoms with Gasteiger partial charge in [0.2, 0.25) is 0 Å². The van der Waals surface area contributed by atoms with E-state index in [4.69, 9.17) is 0 Å². The largest absolute Gasteiger partial charge is 0.460 e. The van der Waals surface area contributed by atoms with Crippen LogP contribution in [-0.4, -0.2) is 118 Å². The molecule has 0 unspecified atom stereocenters. The minimum absolute atomic E-state index is 0.0738. The fourth-order valence-electron chi connectivity index (χ4n) is 11.3. The normalized spacial score (nSPS) is 15.4. The Bertz CT molecular complexity index is 4010. The van der Waals surface area contributed by atoms with E-state index in [0.29, 0.717) is 6.07 Å². The standard InChI is InChI=1S/C60H47F39Si2/c1-28(2)100(29(3)4,21-17-43(61,62)46(67,68)48(71,72)50(75,76)52(79,80)54(83,84)56(87,88)59(94,95)96)19-15-37-39-24-32-11-9-10-12-33(32)25-40(39)38(42-27-35-23-36(45(65,66)58(91,92)93)14-13-34(35)26-41(37)42)16-20-101(30(5)6,31(7)8)22-18-44(63,64)47(69,70)49(73,74)51(77,78)53(81,82)55(85,86)57(89,90)60(97,98)99/h9-14,23-31H,17-18,21-22H2,1-8H3. The van der Waals surface area contributed by atoms with E-state index in [9.17, 15) is 110 Å². The van der Waals surface area contributed by atoms with Crippen molar-refractivity contribution in [2.45, 2.75) is 210 Å². The summed E-state index contributed by atoms with van der Waals surface area (Å²) in [5.74, 6) is -119. The molecule has 0 saturated carbocycles. The van der Waals surface area contributed by atoms with Crippen LogP contribution in [0.1, 0.15) is 84.9 Å². The molecule has 5 aromatic rings. The third kappa shape index (κ3) is 12.8. The maximum absolute atomic E-state index is 15.8. The van der Waals surface area contributed by atoms with Gasteiger partial charge in [-0.15, -0.1) is 11.1 Å². The average Bonchev–Trinajstić information content (AvgIpc) is 0.703. The molecule has 5 aromatic carbocycles. The van der Waals surface area contributed by atoms with Gasteiger partial charge in [-0.1, -0.05) is 104 Å². The molecule has 0 amide bonds. The van der Waals surface area contributed by atoms with Gasteiger partial charge in [0.05, 0.1) is 0 Å². The lowest BCUT2D eigenvalue weighted by Gasteiger charge is -2.43. The van der Waals surface area contributed by atoms with E-state index in [1.807, 2.05) is 0 Å². The molecule has 0 N–H and O–H groups in total. The summed E-state index contributed by atoms with van der Waals surface area (Å²) in [7, 11) is -9.43. The van der Waals surface area contributed by atoms with E-state index in [1.54, 1.807) is 0 Å². The maximum atomic E-state index is 15.8. The van der Waals surface area contributed by atoms with Crippen LogP contribution in [0.5, 0.6) is 0 Å². The van der Waals surface area contributed by atoms with Gasteiger partial charge in [-0.25, -0.2) is 0 Å².